The number of aryl methyl sites for hydroxylation is 1. The molecule has 0 aromatic heterocycles. The molecule has 0 aliphatic rings. The van der Waals surface area contributed by atoms with Crippen molar-refractivity contribution in [2.45, 2.75) is 6.92 Å². The van der Waals surface area contributed by atoms with Crippen LogP contribution in [0.3, 0.4) is 0 Å². The smallest absolute Gasteiger partial charge is 0.508 e. The third kappa shape index (κ3) is 10.4. The van der Waals surface area contributed by atoms with E-state index in [1.165, 1.54) is 0 Å². The van der Waals surface area contributed by atoms with E-state index in [0.29, 0.717) is 5.75 Å². The summed E-state index contributed by atoms with van der Waals surface area (Å²) in [7, 11) is 0. The molecule has 3 aromatic rings. The average Bonchev–Trinajstić information content (AvgIpc) is 2.53. The minimum atomic E-state index is 0. The molecular weight excluding hydrogens is 359 g/mol. The fourth-order valence-electron chi connectivity index (χ4n) is 1.52. The summed E-state index contributed by atoms with van der Waals surface area (Å²) in [5.74, 6) is 0.368. The molecule has 0 aliphatic carbocycles. The van der Waals surface area contributed by atoms with Gasteiger partial charge in [0.25, 0.3) is 0 Å². The van der Waals surface area contributed by atoms with Crippen molar-refractivity contribution in [1.82, 2.24) is 0 Å². The largest absolute Gasteiger partial charge is 2.00 e. The normalized spacial score (nSPS) is 8.39. The van der Waals surface area contributed by atoms with Crippen LogP contribution in [-0.2, 0) is 26.2 Å². The molecule has 23 heavy (non-hydrogen) atoms. The Hall–Kier alpha value is -1.92. The quantitative estimate of drug-likeness (QED) is 0.514. The van der Waals surface area contributed by atoms with Gasteiger partial charge in [-0.15, -0.1) is 24.3 Å². The average molecular weight is 382 g/mol. The second-order valence-corrected chi connectivity index (χ2v) is 4.76. The number of para-hydroxylation sites is 1. The molecule has 0 amide bonds. The van der Waals surface area contributed by atoms with E-state index in [1.807, 2.05) is 85.8 Å². The van der Waals surface area contributed by atoms with E-state index >= 15 is 0 Å². The number of benzene rings is 3. The number of hydrogen-bond donors (Lipinski definition) is 1. The van der Waals surface area contributed by atoms with Crippen molar-refractivity contribution in [2.75, 3.05) is 0 Å². The Labute approximate surface area is 159 Å². The van der Waals surface area contributed by atoms with Crippen LogP contribution in [0.2, 0.25) is 0 Å². The zero-order chi connectivity index (χ0) is 16.2. The molecule has 0 aliphatic heterocycles. The van der Waals surface area contributed by atoms with Crippen molar-refractivity contribution in [3.8, 4) is 5.75 Å². The Kier molecular flexibility index (Phi) is 11.6. The molecule has 3 rings (SSSR count). The first-order valence-corrected chi connectivity index (χ1v) is 7.08. The van der Waals surface area contributed by atoms with Gasteiger partial charge in [-0.05, 0) is 18.6 Å². The molecular formula is C21H22OZr. The van der Waals surface area contributed by atoms with Crippen molar-refractivity contribution < 1.29 is 31.3 Å². The first kappa shape index (κ1) is 21.1. The zero-order valence-corrected chi connectivity index (χ0v) is 15.9. The summed E-state index contributed by atoms with van der Waals surface area (Å²) in [6.45, 7) is 9.31. The monoisotopic (exact) mass is 380 g/mol. The maximum atomic E-state index is 8.92. The van der Waals surface area contributed by atoms with Crippen LogP contribution in [0.15, 0.2) is 84.9 Å². The predicted octanol–water partition coefficient (Wildman–Crippen LogP) is 5.44. The molecule has 0 bridgehead atoms. The first-order chi connectivity index (χ1) is 10.6. The summed E-state index contributed by atoms with van der Waals surface area (Å²) in [4.78, 5) is 0. The molecule has 0 fully saturated rings. The number of hydrogen-bond acceptors (Lipinski definition) is 1. The van der Waals surface area contributed by atoms with Gasteiger partial charge < -0.3 is 5.11 Å². The molecule has 0 saturated carbocycles. The summed E-state index contributed by atoms with van der Waals surface area (Å²) in [5, 5.41) is 8.92. The van der Waals surface area contributed by atoms with Gasteiger partial charge in [-0.25, -0.2) is 0 Å². The SMILES string of the molecule is Cc1ccccc1O.[CH2-]c1ccccc1.[CH2-]c1ccccc1.[Zr+2]. The van der Waals surface area contributed by atoms with Gasteiger partial charge in [0.2, 0.25) is 0 Å². The maximum absolute atomic E-state index is 8.92. The third-order valence-corrected chi connectivity index (χ3v) is 2.80. The van der Waals surface area contributed by atoms with Crippen LogP contribution in [0.1, 0.15) is 16.7 Å². The second-order valence-electron chi connectivity index (χ2n) is 4.76. The number of rotatable bonds is 0. The van der Waals surface area contributed by atoms with Crippen LogP contribution < -0.4 is 0 Å². The zero-order valence-electron chi connectivity index (χ0n) is 13.4. The van der Waals surface area contributed by atoms with E-state index in [-0.39, 0.29) is 26.2 Å². The van der Waals surface area contributed by atoms with Gasteiger partial charge in [0.05, 0.1) is 0 Å². The van der Waals surface area contributed by atoms with E-state index in [0.717, 1.165) is 16.7 Å². The van der Waals surface area contributed by atoms with E-state index in [2.05, 4.69) is 13.8 Å². The summed E-state index contributed by atoms with van der Waals surface area (Å²) < 4.78 is 0. The Bertz CT molecular complexity index is 578. The summed E-state index contributed by atoms with van der Waals surface area (Å²) in [6, 6.07) is 27.0. The van der Waals surface area contributed by atoms with E-state index < -0.39 is 0 Å². The summed E-state index contributed by atoms with van der Waals surface area (Å²) >= 11 is 0. The van der Waals surface area contributed by atoms with Gasteiger partial charge in [0.15, 0.2) is 0 Å². The number of phenolic OH excluding ortho intramolecular Hbond substituents is 1. The molecule has 0 unspecified atom stereocenters. The molecule has 116 valence electrons. The van der Waals surface area contributed by atoms with Gasteiger partial charge in [-0.2, -0.15) is 49.2 Å². The Morgan fingerprint density at radius 1 is 0.609 bits per heavy atom. The van der Waals surface area contributed by atoms with Crippen molar-refractivity contribution in [2.24, 2.45) is 0 Å². The van der Waals surface area contributed by atoms with Crippen LogP contribution >= 0.6 is 0 Å². The Balaban J connectivity index is 0.000000310. The fourth-order valence-corrected chi connectivity index (χ4v) is 1.52. The number of aromatic hydroxyl groups is 1. The Morgan fingerprint density at radius 2 is 0.957 bits per heavy atom. The Morgan fingerprint density at radius 3 is 1.17 bits per heavy atom. The molecule has 1 nitrogen and oxygen atoms in total. The third-order valence-electron chi connectivity index (χ3n) is 2.80. The van der Waals surface area contributed by atoms with Gasteiger partial charge in [-0.3, -0.25) is 0 Å². The van der Waals surface area contributed by atoms with Crippen molar-refractivity contribution in [3.05, 3.63) is 115 Å². The van der Waals surface area contributed by atoms with Crippen LogP contribution in [0.4, 0.5) is 0 Å². The molecule has 0 heterocycles. The van der Waals surface area contributed by atoms with Crippen LogP contribution in [0, 0.1) is 20.8 Å². The second kappa shape index (κ2) is 12.6. The molecule has 1 N–H and O–H groups in total. The summed E-state index contributed by atoms with van der Waals surface area (Å²) in [6.07, 6.45) is 0. The standard InChI is InChI=1S/C7H8O.2C7H7.Zr/c1-6-4-2-3-5-7(6)8;2*1-7-5-3-2-4-6-7;/h2-5,8H,1H3;2*2-6H,1H2;/q;2*-1;+2. The molecule has 0 radical (unpaired) electrons. The molecule has 0 atom stereocenters. The minimum Gasteiger partial charge on any atom is -0.508 e. The number of phenols is 1. The van der Waals surface area contributed by atoms with Crippen LogP contribution in [-0.4, -0.2) is 5.11 Å². The van der Waals surface area contributed by atoms with E-state index in [9.17, 15) is 0 Å². The van der Waals surface area contributed by atoms with Crippen LogP contribution in [0.5, 0.6) is 5.75 Å². The molecule has 0 saturated heterocycles. The van der Waals surface area contributed by atoms with Crippen molar-refractivity contribution in [3.63, 3.8) is 0 Å². The summed E-state index contributed by atoms with van der Waals surface area (Å²) in [5.41, 5.74) is 3.07. The van der Waals surface area contributed by atoms with Crippen molar-refractivity contribution in [1.29, 1.82) is 0 Å². The molecule has 2 heteroatoms. The van der Waals surface area contributed by atoms with Gasteiger partial charge in [0.1, 0.15) is 5.75 Å². The predicted molar refractivity (Wildman–Crippen MR) is 94.6 cm³/mol. The molecule has 3 aromatic carbocycles. The van der Waals surface area contributed by atoms with E-state index in [4.69, 9.17) is 5.11 Å². The van der Waals surface area contributed by atoms with Gasteiger partial charge >= 0.3 is 26.2 Å². The first-order valence-electron chi connectivity index (χ1n) is 7.08. The minimum absolute atomic E-state index is 0. The van der Waals surface area contributed by atoms with Gasteiger partial charge in [0, 0.05) is 0 Å². The van der Waals surface area contributed by atoms with Gasteiger partial charge in [-0.1, -0.05) is 30.3 Å². The molecule has 0 spiro atoms. The van der Waals surface area contributed by atoms with Crippen molar-refractivity contribution >= 4 is 0 Å². The van der Waals surface area contributed by atoms with Crippen LogP contribution in [0.25, 0.3) is 0 Å². The topological polar surface area (TPSA) is 20.2 Å². The fraction of sp³-hybridized carbons (Fsp3) is 0.0476. The maximum Gasteiger partial charge on any atom is 2.00 e. The van der Waals surface area contributed by atoms with E-state index in [1.54, 1.807) is 6.07 Å².